The van der Waals surface area contributed by atoms with Crippen molar-refractivity contribution in [1.29, 1.82) is 0 Å². The van der Waals surface area contributed by atoms with Gasteiger partial charge in [-0.25, -0.2) is 4.39 Å². The summed E-state index contributed by atoms with van der Waals surface area (Å²) in [5, 5.41) is 0. The Balaban J connectivity index is 2.71. The van der Waals surface area contributed by atoms with Gasteiger partial charge in [0.25, 0.3) is 0 Å². The third-order valence-corrected chi connectivity index (χ3v) is 4.39. The molecule has 1 aromatic carbocycles. The van der Waals surface area contributed by atoms with Gasteiger partial charge in [0, 0.05) is 18.8 Å². The Bertz CT molecular complexity index is 523. The van der Waals surface area contributed by atoms with E-state index in [1.807, 2.05) is 0 Å². The third kappa shape index (κ3) is 11.7. The first-order valence-electron chi connectivity index (χ1n) is 10.8. The van der Waals surface area contributed by atoms with E-state index in [1.165, 1.54) is 31.7 Å². The monoisotopic (exact) mass is 396 g/mol. The molecule has 0 radical (unpaired) electrons. The fourth-order valence-electron chi connectivity index (χ4n) is 2.93. The zero-order valence-electron chi connectivity index (χ0n) is 18.6. The molecule has 28 heavy (non-hydrogen) atoms. The van der Waals surface area contributed by atoms with Crippen molar-refractivity contribution in [3.63, 3.8) is 0 Å². The van der Waals surface area contributed by atoms with Crippen LogP contribution in [0.5, 0.6) is 5.75 Å². The Morgan fingerprint density at radius 2 is 1.43 bits per heavy atom. The number of hydrogen-bond acceptors (Lipinski definition) is 3. The SMILES string of the molecule is CCCCCCOB(OCCCCCC)Oc1ccc(F)cc1C[N+](C)(C)C. The van der Waals surface area contributed by atoms with Crippen molar-refractivity contribution in [1.82, 2.24) is 0 Å². The van der Waals surface area contributed by atoms with Gasteiger partial charge in [-0.1, -0.05) is 52.4 Å². The summed E-state index contributed by atoms with van der Waals surface area (Å²) in [6.07, 6.45) is 9.06. The van der Waals surface area contributed by atoms with Gasteiger partial charge < -0.3 is 18.4 Å². The summed E-state index contributed by atoms with van der Waals surface area (Å²) in [5.74, 6) is 0.370. The summed E-state index contributed by atoms with van der Waals surface area (Å²) >= 11 is 0. The molecular formula is C22H40BFNO3+. The van der Waals surface area contributed by atoms with Crippen molar-refractivity contribution in [3.05, 3.63) is 29.6 Å². The first-order chi connectivity index (χ1) is 13.4. The number of quaternary nitrogens is 1. The van der Waals surface area contributed by atoms with E-state index in [4.69, 9.17) is 14.0 Å². The van der Waals surface area contributed by atoms with E-state index in [9.17, 15) is 4.39 Å². The maximum atomic E-state index is 13.8. The molecule has 0 unspecified atom stereocenters. The van der Waals surface area contributed by atoms with Crippen molar-refractivity contribution in [3.8, 4) is 5.75 Å². The molecule has 160 valence electrons. The summed E-state index contributed by atoms with van der Waals surface area (Å²) in [6, 6.07) is 4.64. The summed E-state index contributed by atoms with van der Waals surface area (Å²) in [7, 11) is 5.46. The quantitative estimate of drug-likeness (QED) is 0.207. The van der Waals surface area contributed by atoms with Gasteiger partial charge in [0.2, 0.25) is 0 Å². The Kier molecular flexibility index (Phi) is 12.4. The van der Waals surface area contributed by atoms with E-state index in [2.05, 4.69) is 35.0 Å². The predicted molar refractivity (Wildman–Crippen MR) is 115 cm³/mol. The second-order valence-corrected chi connectivity index (χ2v) is 8.47. The molecule has 0 N–H and O–H groups in total. The number of benzene rings is 1. The first kappa shape index (κ1) is 24.9. The van der Waals surface area contributed by atoms with Crippen LogP contribution in [-0.2, 0) is 15.9 Å². The van der Waals surface area contributed by atoms with E-state index in [1.54, 1.807) is 12.1 Å². The van der Waals surface area contributed by atoms with E-state index >= 15 is 0 Å². The highest BCUT2D eigenvalue weighted by atomic mass is 19.1. The fraction of sp³-hybridized carbons (Fsp3) is 0.727. The van der Waals surface area contributed by atoms with Gasteiger partial charge in [0.1, 0.15) is 18.1 Å². The minimum atomic E-state index is -0.750. The van der Waals surface area contributed by atoms with Gasteiger partial charge in [-0.05, 0) is 31.0 Å². The van der Waals surface area contributed by atoms with Crippen LogP contribution in [-0.4, -0.2) is 46.2 Å². The number of nitrogens with zero attached hydrogens (tertiary/aromatic N) is 1. The zero-order chi connectivity index (χ0) is 20.8. The highest BCUT2D eigenvalue weighted by molar-refractivity contribution is 6.37. The fourth-order valence-corrected chi connectivity index (χ4v) is 2.93. The summed E-state index contributed by atoms with van der Waals surface area (Å²) < 4.78 is 32.2. The van der Waals surface area contributed by atoms with Crippen LogP contribution >= 0.6 is 0 Å². The van der Waals surface area contributed by atoms with Crippen LogP contribution in [0.2, 0.25) is 0 Å². The molecule has 0 aliphatic heterocycles. The molecule has 0 aromatic heterocycles. The molecule has 0 bridgehead atoms. The van der Waals surface area contributed by atoms with E-state index in [-0.39, 0.29) is 5.82 Å². The van der Waals surface area contributed by atoms with Crippen LogP contribution in [0, 0.1) is 5.82 Å². The Morgan fingerprint density at radius 3 is 1.93 bits per heavy atom. The number of rotatable bonds is 16. The smallest absolute Gasteiger partial charge is 0.511 e. The van der Waals surface area contributed by atoms with Gasteiger partial charge in [0.05, 0.1) is 21.1 Å². The Hall–Kier alpha value is -1.11. The molecule has 0 saturated carbocycles. The lowest BCUT2D eigenvalue weighted by Gasteiger charge is -2.26. The van der Waals surface area contributed by atoms with Gasteiger partial charge in [-0.15, -0.1) is 0 Å². The van der Waals surface area contributed by atoms with Crippen LogP contribution in [0.25, 0.3) is 0 Å². The lowest BCUT2D eigenvalue weighted by molar-refractivity contribution is -0.884. The van der Waals surface area contributed by atoms with Gasteiger partial charge in [-0.3, -0.25) is 0 Å². The lowest BCUT2D eigenvalue weighted by atomic mass is 10.1. The van der Waals surface area contributed by atoms with Crippen LogP contribution in [0.3, 0.4) is 0 Å². The topological polar surface area (TPSA) is 27.7 Å². The van der Waals surface area contributed by atoms with Gasteiger partial charge in [0.15, 0.2) is 0 Å². The van der Waals surface area contributed by atoms with Crippen molar-refractivity contribution < 1.29 is 22.8 Å². The van der Waals surface area contributed by atoms with Gasteiger partial charge in [-0.2, -0.15) is 0 Å². The number of halogens is 1. The molecule has 0 amide bonds. The summed E-state index contributed by atoms with van der Waals surface area (Å²) in [4.78, 5) is 0. The second-order valence-electron chi connectivity index (χ2n) is 8.47. The van der Waals surface area contributed by atoms with Crippen molar-refractivity contribution >= 4 is 7.32 Å². The van der Waals surface area contributed by atoms with Crippen LogP contribution in [0.15, 0.2) is 18.2 Å². The average Bonchev–Trinajstić information content (AvgIpc) is 2.61. The van der Waals surface area contributed by atoms with Gasteiger partial charge >= 0.3 is 7.32 Å². The van der Waals surface area contributed by atoms with Crippen LogP contribution in [0.4, 0.5) is 4.39 Å². The largest absolute Gasteiger partial charge is 0.713 e. The zero-order valence-corrected chi connectivity index (χ0v) is 18.6. The Labute approximate surface area is 172 Å². The van der Waals surface area contributed by atoms with E-state index in [0.29, 0.717) is 30.0 Å². The average molecular weight is 396 g/mol. The molecule has 0 atom stereocenters. The molecule has 4 nitrogen and oxygen atoms in total. The number of unbranched alkanes of at least 4 members (excludes halogenated alkanes) is 6. The van der Waals surface area contributed by atoms with Crippen molar-refractivity contribution in [2.45, 2.75) is 71.8 Å². The maximum absolute atomic E-state index is 13.8. The number of hydrogen-bond donors (Lipinski definition) is 0. The second kappa shape index (κ2) is 14.0. The minimum absolute atomic E-state index is 0.256. The first-order valence-corrected chi connectivity index (χ1v) is 10.8. The summed E-state index contributed by atoms with van der Waals surface area (Å²) in [6.45, 7) is 6.25. The molecule has 1 aromatic rings. The van der Waals surface area contributed by atoms with Crippen molar-refractivity contribution in [2.24, 2.45) is 0 Å². The highest BCUT2D eigenvalue weighted by Gasteiger charge is 2.26. The standard InChI is InChI=1S/C22H40BFNO3/c1-6-8-10-12-16-26-23(27-17-13-11-9-7-2)28-22-15-14-21(24)18-20(22)19-25(3,4)5/h14-15,18H,6-13,16-17,19H2,1-5H3/q+1. The summed E-state index contributed by atoms with van der Waals surface area (Å²) in [5.41, 5.74) is 0.821. The molecule has 0 heterocycles. The molecule has 0 aliphatic rings. The molecule has 0 fully saturated rings. The van der Waals surface area contributed by atoms with E-state index < -0.39 is 7.32 Å². The van der Waals surface area contributed by atoms with Crippen LogP contribution in [0.1, 0.15) is 70.8 Å². The Morgan fingerprint density at radius 1 is 0.857 bits per heavy atom. The molecule has 0 spiro atoms. The van der Waals surface area contributed by atoms with E-state index in [0.717, 1.165) is 31.2 Å². The molecule has 0 saturated heterocycles. The molecular weight excluding hydrogens is 356 g/mol. The maximum Gasteiger partial charge on any atom is 0.713 e. The molecule has 0 aliphatic carbocycles. The normalized spacial score (nSPS) is 11.6. The minimum Gasteiger partial charge on any atom is -0.511 e. The highest BCUT2D eigenvalue weighted by Crippen LogP contribution is 2.23. The molecule has 6 heteroatoms. The van der Waals surface area contributed by atoms with Crippen LogP contribution < -0.4 is 4.65 Å². The van der Waals surface area contributed by atoms with Crippen molar-refractivity contribution in [2.75, 3.05) is 34.4 Å². The molecule has 1 rings (SSSR count). The third-order valence-electron chi connectivity index (χ3n) is 4.39. The lowest BCUT2D eigenvalue weighted by Crippen LogP contribution is -2.35. The predicted octanol–water partition coefficient (Wildman–Crippen LogP) is 5.59.